The Morgan fingerprint density at radius 2 is 2.06 bits per heavy atom. The fourth-order valence-corrected chi connectivity index (χ4v) is 2.84. The van der Waals surface area contributed by atoms with Crippen molar-refractivity contribution in [3.63, 3.8) is 0 Å². The van der Waals surface area contributed by atoms with Gasteiger partial charge >= 0.3 is 0 Å². The van der Waals surface area contributed by atoms with Crippen molar-refractivity contribution in [1.29, 1.82) is 0 Å². The van der Waals surface area contributed by atoms with Crippen molar-refractivity contribution in [1.82, 2.24) is 10.2 Å². The van der Waals surface area contributed by atoms with Crippen molar-refractivity contribution < 1.29 is 9.59 Å². The second kappa shape index (κ2) is 4.69. The number of hydrogen-bond donors (Lipinski definition) is 1. The van der Waals surface area contributed by atoms with Crippen molar-refractivity contribution in [3.05, 3.63) is 11.6 Å². The molecule has 0 bridgehead atoms. The fraction of sp³-hybridized carbons (Fsp3) is 0.667. The van der Waals surface area contributed by atoms with Crippen LogP contribution >= 0.6 is 11.6 Å². The van der Waals surface area contributed by atoms with E-state index in [1.165, 1.54) is 0 Å². The SMILES string of the molecule is C=C(Cl)CN1CCC(=O)NC2(CCCC2)C1=O. The minimum absolute atomic E-state index is 0.00245. The lowest BCUT2D eigenvalue weighted by molar-refractivity contribution is -0.138. The molecule has 1 aliphatic carbocycles. The summed E-state index contributed by atoms with van der Waals surface area (Å²) in [6.45, 7) is 4.37. The first kappa shape index (κ1) is 12.4. The summed E-state index contributed by atoms with van der Waals surface area (Å²) in [6, 6.07) is 0. The number of amides is 2. The maximum Gasteiger partial charge on any atom is 0.248 e. The molecule has 0 radical (unpaired) electrons. The Morgan fingerprint density at radius 3 is 2.65 bits per heavy atom. The van der Waals surface area contributed by atoms with Gasteiger partial charge in [-0.2, -0.15) is 0 Å². The zero-order valence-electron chi connectivity index (χ0n) is 9.80. The lowest BCUT2D eigenvalue weighted by Crippen LogP contribution is -2.55. The van der Waals surface area contributed by atoms with Gasteiger partial charge in [-0.05, 0) is 12.8 Å². The summed E-state index contributed by atoms with van der Waals surface area (Å²) in [7, 11) is 0. The summed E-state index contributed by atoms with van der Waals surface area (Å²) in [4.78, 5) is 25.8. The van der Waals surface area contributed by atoms with Gasteiger partial charge < -0.3 is 10.2 Å². The van der Waals surface area contributed by atoms with E-state index in [2.05, 4.69) is 11.9 Å². The molecular formula is C12H17ClN2O2. The summed E-state index contributed by atoms with van der Waals surface area (Å²) in [6.07, 6.45) is 3.80. The smallest absolute Gasteiger partial charge is 0.248 e. The van der Waals surface area contributed by atoms with E-state index in [1.807, 2.05) is 0 Å². The molecule has 2 aliphatic rings. The van der Waals surface area contributed by atoms with E-state index < -0.39 is 5.54 Å². The number of carbonyl (C=O) groups excluding carboxylic acids is 2. The molecule has 1 N–H and O–H groups in total. The van der Waals surface area contributed by atoms with Crippen LogP contribution in [0.1, 0.15) is 32.1 Å². The number of nitrogens with one attached hydrogen (secondary N) is 1. The van der Waals surface area contributed by atoms with E-state index in [9.17, 15) is 9.59 Å². The minimum Gasteiger partial charge on any atom is -0.342 e. The minimum atomic E-state index is -0.667. The largest absolute Gasteiger partial charge is 0.342 e. The Balaban J connectivity index is 2.22. The van der Waals surface area contributed by atoms with E-state index in [1.54, 1.807) is 4.90 Å². The van der Waals surface area contributed by atoms with Crippen molar-refractivity contribution in [2.24, 2.45) is 0 Å². The topological polar surface area (TPSA) is 49.4 Å². The van der Waals surface area contributed by atoms with Crippen LogP contribution in [0.5, 0.6) is 0 Å². The second-order valence-corrected chi connectivity index (χ2v) is 5.37. The van der Waals surface area contributed by atoms with Gasteiger partial charge in [-0.3, -0.25) is 9.59 Å². The van der Waals surface area contributed by atoms with Gasteiger partial charge in [0.25, 0.3) is 0 Å². The van der Waals surface area contributed by atoms with Gasteiger partial charge in [0, 0.05) is 18.0 Å². The van der Waals surface area contributed by atoms with Crippen LogP contribution in [0, 0.1) is 0 Å². The highest BCUT2D eigenvalue weighted by molar-refractivity contribution is 6.29. The van der Waals surface area contributed by atoms with Crippen LogP contribution in [-0.4, -0.2) is 35.3 Å². The molecule has 2 amide bonds. The first-order valence-corrected chi connectivity index (χ1v) is 6.35. The van der Waals surface area contributed by atoms with Gasteiger partial charge in [-0.15, -0.1) is 0 Å². The highest BCUT2D eigenvalue weighted by atomic mass is 35.5. The first-order chi connectivity index (χ1) is 8.03. The molecule has 0 aromatic heterocycles. The normalized spacial score (nSPS) is 23.7. The molecule has 1 aliphatic heterocycles. The van der Waals surface area contributed by atoms with E-state index in [0.29, 0.717) is 24.5 Å². The van der Waals surface area contributed by atoms with Crippen LogP contribution in [0.25, 0.3) is 0 Å². The molecule has 1 saturated carbocycles. The van der Waals surface area contributed by atoms with Crippen molar-refractivity contribution in [3.8, 4) is 0 Å². The summed E-state index contributed by atoms with van der Waals surface area (Å²) >= 11 is 5.77. The maximum absolute atomic E-state index is 12.5. The average Bonchev–Trinajstić information content (AvgIpc) is 2.68. The third-order valence-electron chi connectivity index (χ3n) is 3.50. The van der Waals surface area contributed by atoms with E-state index in [4.69, 9.17) is 11.6 Å². The van der Waals surface area contributed by atoms with Gasteiger partial charge in [0.1, 0.15) is 5.54 Å². The van der Waals surface area contributed by atoms with Crippen molar-refractivity contribution in [2.75, 3.05) is 13.1 Å². The van der Waals surface area contributed by atoms with Crippen LogP contribution < -0.4 is 5.32 Å². The zero-order chi connectivity index (χ0) is 12.5. The molecule has 2 fully saturated rings. The van der Waals surface area contributed by atoms with Crippen LogP contribution in [0.4, 0.5) is 0 Å². The molecule has 0 atom stereocenters. The van der Waals surface area contributed by atoms with Crippen LogP contribution in [0.2, 0.25) is 0 Å². The monoisotopic (exact) mass is 256 g/mol. The second-order valence-electron chi connectivity index (χ2n) is 4.83. The van der Waals surface area contributed by atoms with E-state index in [0.717, 1.165) is 25.7 Å². The Hall–Kier alpha value is -1.03. The van der Waals surface area contributed by atoms with Crippen LogP contribution in [-0.2, 0) is 9.59 Å². The number of carbonyl (C=O) groups is 2. The summed E-state index contributed by atoms with van der Waals surface area (Å²) in [5.74, 6) is -0.0365. The molecule has 4 nitrogen and oxygen atoms in total. The maximum atomic E-state index is 12.5. The molecule has 5 heteroatoms. The quantitative estimate of drug-likeness (QED) is 0.812. The number of rotatable bonds is 2. The molecule has 0 unspecified atom stereocenters. The van der Waals surface area contributed by atoms with Crippen molar-refractivity contribution >= 4 is 23.4 Å². The molecule has 1 saturated heterocycles. The van der Waals surface area contributed by atoms with E-state index >= 15 is 0 Å². The number of nitrogens with zero attached hydrogens (tertiary/aromatic N) is 1. The Labute approximate surface area is 106 Å². The molecule has 17 heavy (non-hydrogen) atoms. The standard InChI is InChI=1S/C12H17ClN2O2/c1-9(13)8-15-7-4-10(16)14-12(11(15)17)5-2-3-6-12/h1-8H2,(H,14,16). The van der Waals surface area contributed by atoms with Gasteiger partial charge in [-0.1, -0.05) is 31.0 Å². The highest BCUT2D eigenvalue weighted by Gasteiger charge is 2.46. The highest BCUT2D eigenvalue weighted by Crippen LogP contribution is 2.33. The molecule has 1 spiro atoms. The molecule has 0 aromatic carbocycles. The summed E-state index contributed by atoms with van der Waals surface area (Å²) in [5, 5.41) is 3.34. The number of halogens is 1. The number of hydrogen-bond acceptors (Lipinski definition) is 2. The van der Waals surface area contributed by atoms with Gasteiger partial charge in [0.05, 0.1) is 6.54 Å². The lowest BCUT2D eigenvalue weighted by Gasteiger charge is -2.31. The predicted octanol–water partition coefficient (Wildman–Crippen LogP) is 1.40. The fourth-order valence-electron chi connectivity index (χ4n) is 2.70. The first-order valence-electron chi connectivity index (χ1n) is 5.97. The molecule has 0 aromatic rings. The van der Waals surface area contributed by atoms with E-state index in [-0.39, 0.29) is 11.8 Å². The predicted molar refractivity (Wildman–Crippen MR) is 65.5 cm³/mol. The Kier molecular flexibility index (Phi) is 3.43. The van der Waals surface area contributed by atoms with Gasteiger partial charge in [0.2, 0.25) is 11.8 Å². The van der Waals surface area contributed by atoms with Crippen molar-refractivity contribution in [2.45, 2.75) is 37.6 Å². The van der Waals surface area contributed by atoms with Gasteiger partial charge in [-0.25, -0.2) is 0 Å². The molecule has 2 rings (SSSR count). The molecular weight excluding hydrogens is 240 g/mol. The average molecular weight is 257 g/mol. The van der Waals surface area contributed by atoms with Crippen LogP contribution in [0.3, 0.4) is 0 Å². The third kappa shape index (κ3) is 2.46. The lowest BCUT2D eigenvalue weighted by atomic mass is 9.96. The molecule has 94 valence electrons. The molecule has 1 heterocycles. The third-order valence-corrected chi connectivity index (χ3v) is 3.62. The Bertz CT molecular complexity index is 362. The van der Waals surface area contributed by atoms with Crippen LogP contribution in [0.15, 0.2) is 11.6 Å². The van der Waals surface area contributed by atoms with Gasteiger partial charge in [0.15, 0.2) is 0 Å². The summed E-state index contributed by atoms with van der Waals surface area (Å²) < 4.78 is 0. The zero-order valence-corrected chi connectivity index (χ0v) is 10.6. The summed E-state index contributed by atoms with van der Waals surface area (Å²) in [5.41, 5.74) is -0.667. The Morgan fingerprint density at radius 1 is 1.41 bits per heavy atom.